The molecule has 0 unspecified atom stereocenters. The Morgan fingerprint density at radius 1 is 1.05 bits per heavy atom. The third kappa shape index (κ3) is 4.59. The Balaban J connectivity index is 2.10. The molecule has 0 aliphatic heterocycles. The van der Waals surface area contributed by atoms with Crippen molar-refractivity contribution in [2.45, 2.75) is 33.1 Å². The molecule has 0 heterocycles. The van der Waals surface area contributed by atoms with E-state index in [1.54, 1.807) is 0 Å². The Kier molecular flexibility index (Phi) is 5.54. The summed E-state index contributed by atoms with van der Waals surface area (Å²) in [6, 6.07) is 14.8. The minimum Gasteiger partial charge on any atom is -0.370 e. The van der Waals surface area contributed by atoms with Gasteiger partial charge in [0.1, 0.15) is 0 Å². The first-order valence-electron chi connectivity index (χ1n) is 7.68. The molecule has 2 heteroatoms. The maximum Gasteiger partial charge on any atom is 0.217 e. The summed E-state index contributed by atoms with van der Waals surface area (Å²) in [5.41, 5.74) is 11.4. The molecule has 22 heavy (non-hydrogen) atoms. The van der Waals surface area contributed by atoms with Gasteiger partial charge in [-0.15, -0.1) is 0 Å². The number of benzene rings is 2. The molecular formula is C20H23NO. The fourth-order valence-corrected chi connectivity index (χ4v) is 2.59. The Bertz CT molecular complexity index is 666. The first kappa shape index (κ1) is 16.0. The van der Waals surface area contributed by atoms with Crippen LogP contribution < -0.4 is 5.73 Å². The number of carbonyl (C=O) groups is 1. The average Bonchev–Trinajstić information content (AvgIpc) is 2.47. The average molecular weight is 293 g/mol. The minimum atomic E-state index is -0.230. The lowest BCUT2D eigenvalue weighted by molar-refractivity contribution is -0.118. The van der Waals surface area contributed by atoms with Crippen LogP contribution in [0.2, 0.25) is 0 Å². The Labute approximate surface area is 132 Å². The van der Waals surface area contributed by atoms with Gasteiger partial charge in [0.2, 0.25) is 5.91 Å². The standard InChI is InChI=1S/C20H23NO/c1-15-6-3-7-16(2)19(15)13-12-18-9-4-8-17(14-18)10-5-11-20(21)22/h3-4,6-9,12-14H,5,10-11H2,1-2H3,(H2,21,22)/b13-12+. The van der Waals surface area contributed by atoms with Crippen molar-refractivity contribution in [1.82, 2.24) is 0 Å². The monoisotopic (exact) mass is 293 g/mol. The van der Waals surface area contributed by atoms with Crippen LogP contribution >= 0.6 is 0 Å². The quantitative estimate of drug-likeness (QED) is 0.794. The van der Waals surface area contributed by atoms with Gasteiger partial charge in [0.25, 0.3) is 0 Å². The number of nitrogens with two attached hydrogens (primary N) is 1. The van der Waals surface area contributed by atoms with Crippen LogP contribution in [0.15, 0.2) is 42.5 Å². The molecule has 2 N–H and O–H groups in total. The molecular weight excluding hydrogens is 270 g/mol. The van der Waals surface area contributed by atoms with E-state index in [1.807, 2.05) is 0 Å². The molecule has 0 spiro atoms. The fraction of sp³-hybridized carbons (Fsp3) is 0.250. The van der Waals surface area contributed by atoms with Crippen molar-refractivity contribution in [1.29, 1.82) is 0 Å². The highest BCUT2D eigenvalue weighted by molar-refractivity contribution is 5.74. The maximum atomic E-state index is 10.8. The van der Waals surface area contributed by atoms with Crippen LogP contribution in [0.25, 0.3) is 12.2 Å². The summed E-state index contributed by atoms with van der Waals surface area (Å²) in [4.78, 5) is 10.8. The van der Waals surface area contributed by atoms with E-state index >= 15 is 0 Å². The van der Waals surface area contributed by atoms with E-state index in [0.29, 0.717) is 6.42 Å². The van der Waals surface area contributed by atoms with Crippen molar-refractivity contribution < 1.29 is 4.79 Å². The lowest BCUT2D eigenvalue weighted by atomic mass is 10.0. The largest absolute Gasteiger partial charge is 0.370 e. The number of hydrogen-bond acceptors (Lipinski definition) is 1. The molecule has 2 aromatic carbocycles. The zero-order valence-corrected chi connectivity index (χ0v) is 13.3. The summed E-state index contributed by atoms with van der Waals surface area (Å²) in [6.07, 6.45) is 6.45. The number of carbonyl (C=O) groups excluding carboxylic acids is 1. The second-order valence-corrected chi connectivity index (χ2v) is 5.70. The molecule has 1 amide bonds. The van der Waals surface area contributed by atoms with Gasteiger partial charge in [-0.1, -0.05) is 54.6 Å². The van der Waals surface area contributed by atoms with Crippen LogP contribution in [-0.4, -0.2) is 5.91 Å². The van der Waals surface area contributed by atoms with Crippen molar-refractivity contribution in [2.75, 3.05) is 0 Å². The number of hydrogen-bond donors (Lipinski definition) is 1. The number of rotatable bonds is 6. The van der Waals surface area contributed by atoms with Crippen LogP contribution in [0, 0.1) is 13.8 Å². The predicted molar refractivity (Wildman–Crippen MR) is 93.4 cm³/mol. The first-order chi connectivity index (χ1) is 10.6. The third-order valence-electron chi connectivity index (χ3n) is 3.82. The molecule has 0 aromatic heterocycles. The fourth-order valence-electron chi connectivity index (χ4n) is 2.59. The molecule has 114 valence electrons. The molecule has 0 radical (unpaired) electrons. The van der Waals surface area contributed by atoms with Crippen LogP contribution in [0.3, 0.4) is 0 Å². The molecule has 0 saturated heterocycles. The zero-order chi connectivity index (χ0) is 15.9. The van der Waals surface area contributed by atoms with Crippen LogP contribution in [0.1, 0.15) is 40.7 Å². The van der Waals surface area contributed by atoms with Gasteiger partial charge >= 0.3 is 0 Å². The van der Waals surface area contributed by atoms with Gasteiger partial charge < -0.3 is 5.73 Å². The maximum absolute atomic E-state index is 10.8. The summed E-state index contributed by atoms with van der Waals surface area (Å²) < 4.78 is 0. The minimum absolute atomic E-state index is 0.230. The van der Waals surface area contributed by atoms with Crippen LogP contribution in [-0.2, 0) is 11.2 Å². The highest BCUT2D eigenvalue weighted by Gasteiger charge is 1.99. The van der Waals surface area contributed by atoms with Crippen LogP contribution in [0.5, 0.6) is 0 Å². The van der Waals surface area contributed by atoms with Crippen molar-refractivity contribution in [3.8, 4) is 0 Å². The predicted octanol–water partition coefficient (Wildman–Crippen LogP) is 4.28. The van der Waals surface area contributed by atoms with Crippen molar-refractivity contribution in [2.24, 2.45) is 5.73 Å². The summed E-state index contributed by atoms with van der Waals surface area (Å²) in [5.74, 6) is -0.230. The van der Waals surface area contributed by atoms with Crippen molar-refractivity contribution in [3.63, 3.8) is 0 Å². The molecule has 2 aromatic rings. The van der Waals surface area contributed by atoms with Crippen molar-refractivity contribution >= 4 is 18.1 Å². The van der Waals surface area contributed by atoms with E-state index in [2.05, 4.69) is 68.5 Å². The zero-order valence-electron chi connectivity index (χ0n) is 13.3. The molecule has 0 aliphatic rings. The van der Waals surface area contributed by atoms with Gasteiger partial charge in [0.05, 0.1) is 0 Å². The Morgan fingerprint density at radius 2 is 1.73 bits per heavy atom. The van der Waals surface area contributed by atoms with E-state index in [9.17, 15) is 4.79 Å². The van der Waals surface area contributed by atoms with Crippen LogP contribution in [0.4, 0.5) is 0 Å². The van der Waals surface area contributed by atoms with Gasteiger partial charge in [0.15, 0.2) is 0 Å². The molecule has 0 aliphatic carbocycles. The second kappa shape index (κ2) is 7.60. The number of amides is 1. The van der Waals surface area contributed by atoms with Crippen molar-refractivity contribution in [3.05, 3.63) is 70.3 Å². The summed E-state index contributed by atoms with van der Waals surface area (Å²) >= 11 is 0. The highest BCUT2D eigenvalue weighted by Crippen LogP contribution is 2.17. The van der Waals surface area contributed by atoms with E-state index in [-0.39, 0.29) is 5.91 Å². The topological polar surface area (TPSA) is 43.1 Å². The van der Waals surface area contributed by atoms with E-state index in [0.717, 1.165) is 12.8 Å². The van der Waals surface area contributed by atoms with E-state index in [4.69, 9.17) is 5.73 Å². The second-order valence-electron chi connectivity index (χ2n) is 5.70. The first-order valence-corrected chi connectivity index (χ1v) is 7.68. The van der Waals surface area contributed by atoms with E-state index in [1.165, 1.54) is 27.8 Å². The lowest BCUT2D eigenvalue weighted by Crippen LogP contribution is -2.10. The third-order valence-corrected chi connectivity index (χ3v) is 3.82. The van der Waals surface area contributed by atoms with E-state index < -0.39 is 0 Å². The Hall–Kier alpha value is -2.35. The normalized spacial score (nSPS) is 11.0. The van der Waals surface area contributed by atoms with Gasteiger partial charge in [0, 0.05) is 6.42 Å². The molecule has 0 fully saturated rings. The summed E-state index contributed by atoms with van der Waals surface area (Å²) in [6.45, 7) is 4.26. The summed E-state index contributed by atoms with van der Waals surface area (Å²) in [5, 5.41) is 0. The van der Waals surface area contributed by atoms with Gasteiger partial charge in [-0.3, -0.25) is 4.79 Å². The SMILES string of the molecule is Cc1cccc(C)c1/C=C/c1cccc(CCCC(N)=O)c1. The highest BCUT2D eigenvalue weighted by atomic mass is 16.1. The number of primary amides is 1. The van der Waals surface area contributed by atoms with Gasteiger partial charge in [-0.05, 0) is 54.5 Å². The molecule has 0 atom stereocenters. The molecule has 0 bridgehead atoms. The molecule has 0 saturated carbocycles. The molecule has 2 nitrogen and oxygen atoms in total. The van der Waals surface area contributed by atoms with Gasteiger partial charge in [-0.2, -0.15) is 0 Å². The number of aryl methyl sites for hydroxylation is 3. The smallest absolute Gasteiger partial charge is 0.217 e. The summed E-state index contributed by atoms with van der Waals surface area (Å²) in [7, 11) is 0. The lowest BCUT2D eigenvalue weighted by Gasteiger charge is -2.05. The van der Waals surface area contributed by atoms with Gasteiger partial charge in [-0.25, -0.2) is 0 Å². The Morgan fingerprint density at radius 3 is 2.41 bits per heavy atom. The molecule has 2 rings (SSSR count).